The number of carbonyl (C=O) groups is 1. The van der Waals surface area contributed by atoms with E-state index in [1.807, 2.05) is 0 Å². The number of aromatic nitrogens is 7. The molecule has 3 heterocycles. The lowest BCUT2D eigenvalue weighted by Crippen LogP contribution is -2.28. The van der Waals surface area contributed by atoms with E-state index in [-0.39, 0.29) is 12.3 Å². The normalized spacial score (nSPS) is 12.1. The van der Waals surface area contributed by atoms with Gasteiger partial charge in [0.1, 0.15) is 11.9 Å². The molecule has 10 nitrogen and oxygen atoms in total. The summed E-state index contributed by atoms with van der Waals surface area (Å²) in [5.41, 5.74) is 0.799. The minimum absolute atomic E-state index is 0.152. The van der Waals surface area contributed by atoms with Crippen molar-refractivity contribution in [3.05, 3.63) is 36.2 Å². The van der Waals surface area contributed by atoms with E-state index >= 15 is 0 Å². The van der Waals surface area contributed by atoms with Crippen LogP contribution in [-0.2, 0) is 11.3 Å². The highest BCUT2D eigenvalue weighted by molar-refractivity contribution is 5.76. The van der Waals surface area contributed by atoms with Crippen molar-refractivity contribution >= 4 is 5.91 Å². The van der Waals surface area contributed by atoms with Crippen molar-refractivity contribution in [3.8, 4) is 11.4 Å². The summed E-state index contributed by atoms with van der Waals surface area (Å²) in [4.78, 5) is 20.3. The van der Waals surface area contributed by atoms with E-state index < -0.39 is 6.04 Å². The van der Waals surface area contributed by atoms with E-state index in [9.17, 15) is 4.79 Å². The Labute approximate surface area is 137 Å². The topological polar surface area (TPSA) is 125 Å². The molecule has 0 spiro atoms. The van der Waals surface area contributed by atoms with Crippen molar-refractivity contribution in [1.82, 2.24) is 40.6 Å². The highest BCUT2D eigenvalue weighted by Gasteiger charge is 2.17. The van der Waals surface area contributed by atoms with Crippen LogP contribution in [0.5, 0.6) is 0 Å². The van der Waals surface area contributed by atoms with Gasteiger partial charge in [0.05, 0.1) is 6.54 Å². The maximum absolute atomic E-state index is 12.0. The smallest absolute Gasteiger partial charge is 0.249 e. The molecule has 0 saturated heterocycles. The first-order valence-electron chi connectivity index (χ1n) is 7.39. The number of rotatable bonds is 6. The molecule has 1 amide bonds. The Hall–Kier alpha value is -3.17. The first-order valence-corrected chi connectivity index (χ1v) is 7.39. The molecule has 3 rings (SSSR count). The Bertz CT molecular complexity index is 813. The standard InChI is InChI=1S/C14H16N8O2/c1-9(16-12(23)5-8-22-10(2)18-20-21-22)14-17-13(19-24-14)11-3-6-15-7-4-11/h3-4,6-7,9H,5,8H2,1-2H3,(H,16,23)/t9-/m0/s1. The average molecular weight is 328 g/mol. The van der Waals surface area contributed by atoms with Crippen LogP contribution in [0.1, 0.15) is 31.1 Å². The van der Waals surface area contributed by atoms with Crippen molar-refractivity contribution in [2.45, 2.75) is 32.9 Å². The fourth-order valence-electron chi connectivity index (χ4n) is 2.07. The molecule has 0 aliphatic heterocycles. The Kier molecular flexibility index (Phi) is 4.54. The van der Waals surface area contributed by atoms with Crippen LogP contribution in [0.4, 0.5) is 0 Å². The third kappa shape index (κ3) is 3.59. The summed E-state index contributed by atoms with van der Waals surface area (Å²) >= 11 is 0. The molecule has 0 radical (unpaired) electrons. The van der Waals surface area contributed by atoms with E-state index in [1.54, 1.807) is 43.1 Å². The van der Waals surface area contributed by atoms with E-state index in [0.29, 0.717) is 24.1 Å². The van der Waals surface area contributed by atoms with Gasteiger partial charge in [-0.3, -0.25) is 9.78 Å². The third-order valence-corrected chi connectivity index (χ3v) is 3.39. The van der Waals surface area contributed by atoms with Crippen LogP contribution in [-0.4, -0.2) is 41.2 Å². The van der Waals surface area contributed by atoms with Gasteiger partial charge < -0.3 is 9.84 Å². The molecule has 3 aromatic heterocycles. The average Bonchev–Trinajstić information content (AvgIpc) is 3.23. The summed E-state index contributed by atoms with van der Waals surface area (Å²) in [6, 6.07) is 3.18. The predicted octanol–water partition coefficient (Wildman–Crippen LogP) is 0.694. The van der Waals surface area contributed by atoms with Gasteiger partial charge in [-0.15, -0.1) is 5.10 Å². The Morgan fingerprint density at radius 3 is 2.88 bits per heavy atom. The SMILES string of the molecule is Cc1nnnn1CCC(=O)N[C@@H](C)c1nc(-c2ccncc2)no1. The Balaban J connectivity index is 1.57. The molecule has 10 heteroatoms. The van der Waals surface area contributed by atoms with Gasteiger partial charge in [-0.2, -0.15) is 4.98 Å². The monoisotopic (exact) mass is 328 g/mol. The van der Waals surface area contributed by atoms with Crippen LogP contribution in [0, 0.1) is 6.92 Å². The van der Waals surface area contributed by atoms with Gasteiger partial charge in [0, 0.05) is 24.4 Å². The minimum Gasteiger partial charge on any atom is -0.345 e. The van der Waals surface area contributed by atoms with Crippen molar-refractivity contribution in [2.24, 2.45) is 0 Å². The van der Waals surface area contributed by atoms with Gasteiger partial charge in [-0.05, 0) is 36.4 Å². The van der Waals surface area contributed by atoms with Gasteiger partial charge in [-0.1, -0.05) is 5.16 Å². The second-order valence-corrected chi connectivity index (χ2v) is 5.18. The zero-order valence-corrected chi connectivity index (χ0v) is 13.2. The number of hydrogen-bond acceptors (Lipinski definition) is 8. The molecule has 0 aromatic carbocycles. The summed E-state index contributed by atoms with van der Waals surface area (Å²) in [5.74, 6) is 1.31. The maximum atomic E-state index is 12.0. The Morgan fingerprint density at radius 1 is 1.38 bits per heavy atom. The largest absolute Gasteiger partial charge is 0.345 e. The number of amides is 1. The number of pyridine rings is 1. The number of hydrogen-bond donors (Lipinski definition) is 1. The summed E-state index contributed by atoms with van der Waals surface area (Å²) < 4.78 is 6.79. The number of nitrogens with one attached hydrogen (secondary N) is 1. The van der Waals surface area contributed by atoms with Crippen molar-refractivity contribution in [1.29, 1.82) is 0 Å². The lowest BCUT2D eigenvalue weighted by molar-refractivity contribution is -0.122. The molecule has 0 fully saturated rings. The zero-order valence-electron chi connectivity index (χ0n) is 13.2. The maximum Gasteiger partial charge on any atom is 0.249 e. The molecular weight excluding hydrogens is 312 g/mol. The van der Waals surface area contributed by atoms with Crippen LogP contribution in [0.15, 0.2) is 29.0 Å². The van der Waals surface area contributed by atoms with E-state index in [1.165, 1.54) is 0 Å². The van der Waals surface area contributed by atoms with Gasteiger partial charge in [-0.25, -0.2) is 4.68 Å². The van der Waals surface area contributed by atoms with Crippen LogP contribution in [0.2, 0.25) is 0 Å². The van der Waals surface area contributed by atoms with E-state index in [0.717, 1.165) is 5.56 Å². The molecule has 0 saturated carbocycles. The number of aryl methyl sites for hydroxylation is 2. The zero-order chi connectivity index (χ0) is 16.9. The fraction of sp³-hybridized carbons (Fsp3) is 0.357. The molecule has 124 valence electrons. The molecule has 0 bridgehead atoms. The van der Waals surface area contributed by atoms with Crippen molar-refractivity contribution < 1.29 is 9.32 Å². The van der Waals surface area contributed by atoms with Gasteiger partial charge in [0.25, 0.3) is 0 Å². The number of nitrogens with zero attached hydrogens (tertiary/aromatic N) is 7. The Morgan fingerprint density at radius 2 is 2.17 bits per heavy atom. The third-order valence-electron chi connectivity index (χ3n) is 3.39. The van der Waals surface area contributed by atoms with Gasteiger partial charge in [0.15, 0.2) is 0 Å². The lowest BCUT2D eigenvalue weighted by atomic mass is 10.2. The van der Waals surface area contributed by atoms with E-state index in [4.69, 9.17) is 4.52 Å². The van der Waals surface area contributed by atoms with Gasteiger partial charge >= 0.3 is 0 Å². The van der Waals surface area contributed by atoms with Crippen molar-refractivity contribution in [3.63, 3.8) is 0 Å². The molecule has 1 atom stereocenters. The van der Waals surface area contributed by atoms with E-state index in [2.05, 4.69) is 36.0 Å². The molecule has 1 N–H and O–H groups in total. The first-order chi connectivity index (χ1) is 11.6. The van der Waals surface area contributed by atoms with Gasteiger partial charge in [0.2, 0.25) is 17.6 Å². The number of tetrazole rings is 1. The summed E-state index contributed by atoms with van der Waals surface area (Å²) in [6.07, 6.45) is 3.55. The van der Waals surface area contributed by atoms with Crippen LogP contribution < -0.4 is 5.32 Å². The summed E-state index contributed by atoms with van der Waals surface area (Å²) in [7, 11) is 0. The molecule has 24 heavy (non-hydrogen) atoms. The lowest BCUT2D eigenvalue weighted by Gasteiger charge is -2.09. The first kappa shape index (κ1) is 15.7. The second kappa shape index (κ2) is 6.94. The summed E-state index contributed by atoms with van der Waals surface area (Å²) in [6.45, 7) is 3.97. The van der Waals surface area contributed by atoms with Crippen molar-refractivity contribution in [2.75, 3.05) is 0 Å². The van der Waals surface area contributed by atoms with Crippen LogP contribution in [0.3, 0.4) is 0 Å². The minimum atomic E-state index is -0.393. The fourth-order valence-corrected chi connectivity index (χ4v) is 2.07. The molecule has 0 unspecified atom stereocenters. The van der Waals surface area contributed by atoms with Crippen LogP contribution >= 0.6 is 0 Å². The highest BCUT2D eigenvalue weighted by Crippen LogP contribution is 2.17. The molecular formula is C14H16N8O2. The van der Waals surface area contributed by atoms with Crippen LogP contribution in [0.25, 0.3) is 11.4 Å². The summed E-state index contributed by atoms with van der Waals surface area (Å²) in [5, 5.41) is 17.8. The molecule has 0 aliphatic carbocycles. The second-order valence-electron chi connectivity index (χ2n) is 5.18. The molecule has 0 aliphatic rings. The highest BCUT2D eigenvalue weighted by atomic mass is 16.5. The predicted molar refractivity (Wildman–Crippen MR) is 81.3 cm³/mol. The number of carbonyl (C=O) groups excluding carboxylic acids is 1. The molecule has 3 aromatic rings. The quantitative estimate of drug-likeness (QED) is 0.701.